The molecule has 0 unspecified atom stereocenters. The summed E-state index contributed by atoms with van der Waals surface area (Å²) >= 11 is 0. The van der Waals surface area contributed by atoms with Crippen LogP contribution in [0.25, 0.3) is 0 Å². The van der Waals surface area contributed by atoms with Crippen molar-refractivity contribution in [3.8, 4) is 0 Å². The summed E-state index contributed by atoms with van der Waals surface area (Å²) in [7, 11) is 0. The minimum atomic E-state index is 0.591. The molecular formula is C22H52N10. The second-order valence-corrected chi connectivity index (χ2v) is 8.84. The molecule has 2 aliphatic rings. The lowest BCUT2D eigenvalue weighted by Gasteiger charge is -2.29. The average molecular weight is 457 g/mol. The van der Waals surface area contributed by atoms with E-state index in [4.69, 9.17) is 0 Å². The summed E-state index contributed by atoms with van der Waals surface area (Å²) in [5, 5.41) is 35.9. The minimum Gasteiger partial charge on any atom is -0.315 e. The van der Waals surface area contributed by atoms with Gasteiger partial charge in [-0.25, -0.2) is 0 Å². The number of rotatable bonds is 1. The highest BCUT2D eigenvalue weighted by Gasteiger charge is 2.21. The third-order valence-electron chi connectivity index (χ3n) is 6.12. The standard InChI is InChI=1S/C22H52N10/c1-5-25-9-13-29-17-21(18-30-14-10-26-6-2-23-1)22-19-31-15-11-27-7-3-24-4-8-28-12-16-32-20-22/h21-32H,1-20H2. The quantitative estimate of drug-likeness (QED) is 0.192. The molecule has 10 heteroatoms. The second kappa shape index (κ2) is 21.2. The molecule has 10 nitrogen and oxygen atoms in total. The molecule has 0 atom stereocenters. The highest BCUT2D eigenvalue weighted by Crippen LogP contribution is 2.10. The molecule has 190 valence electrons. The molecule has 2 saturated heterocycles. The van der Waals surface area contributed by atoms with E-state index in [1.54, 1.807) is 0 Å². The topological polar surface area (TPSA) is 120 Å². The summed E-state index contributed by atoms with van der Waals surface area (Å²) in [5.41, 5.74) is 0. The first-order chi connectivity index (χ1) is 16.0. The van der Waals surface area contributed by atoms with Crippen LogP contribution in [0.15, 0.2) is 0 Å². The van der Waals surface area contributed by atoms with Crippen LogP contribution in [0.5, 0.6) is 0 Å². The van der Waals surface area contributed by atoms with E-state index in [0.717, 1.165) is 131 Å². The van der Waals surface area contributed by atoms with Crippen LogP contribution < -0.4 is 53.2 Å². The van der Waals surface area contributed by atoms with Crippen molar-refractivity contribution in [2.24, 2.45) is 11.8 Å². The maximum atomic E-state index is 3.71. The largest absolute Gasteiger partial charge is 0.315 e. The smallest absolute Gasteiger partial charge is 0.00772 e. The first-order valence-corrected chi connectivity index (χ1v) is 13.0. The average Bonchev–Trinajstić information content (AvgIpc) is 2.79. The predicted octanol–water partition coefficient (Wildman–Crippen LogP) is -3.86. The predicted molar refractivity (Wildman–Crippen MR) is 136 cm³/mol. The van der Waals surface area contributed by atoms with Crippen molar-refractivity contribution >= 4 is 0 Å². The van der Waals surface area contributed by atoms with Gasteiger partial charge in [-0.15, -0.1) is 0 Å². The maximum absolute atomic E-state index is 3.71. The maximum Gasteiger partial charge on any atom is 0.00772 e. The van der Waals surface area contributed by atoms with Gasteiger partial charge in [0, 0.05) is 105 Å². The van der Waals surface area contributed by atoms with Crippen molar-refractivity contribution in [1.82, 2.24) is 53.2 Å². The molecule has 0 aromatic rings. The number of hydrogen-bond donors (Lipinski definition) is 10. The van der Waals surface area contributed by atoms with Crippen LogP contribution in [0.1, 0.15) is 0 Å². The molecular weight excluding hydrogens is 404 g/mol. The molecule has 0 saturated carbocycles. The van der Waals surface area contributed by atoms with E-state index < -0.39 is 0 Å². The Hall–Kier alpha value is -0.400. The van der Waals surface area contributed by atoms with E-state index in [1.807, 2.05) is 0 Å². The van der Waals surface area contributed by atoms with Gasteiger partial charge in [-0.05, 0) is 38.0 Å². The SMILES string of the molecule is C1CNCCNCC(C2CNCCNCCNCCNCCNC2)CNCCNCCN1. The summed E-state index contributed by atoms with van der Waals surface area (Å²) in [4.78, 5) is 0. The van der Waals surface area contributed by atoms with E-state index in [0.29, 0.717) is 11.8 Å². The second-order valence-electron chi connectivity index (χ2n) is 8.84. The van der Waals surface area contributed by atoms with Gasteiger partial charge in [0.2, 0.25) is 0 Å². The van der Waals surface area contributed by atoms with Crippen LogP contribution in [-0.2, 0) is 0 Å². The molecule has 0 radical (unpaired) electrons. The van der Waals surface area contributed by atoms with Gasteiger partial charge < -0.3 is 53.2 Å². The normalized spacial score (nSPS) is 25.9. The van der Waals surface area contributed by atoms with E-state index in [-0.39, 0.29) is 0 Å². The zero-order valence-corrected chi connectivity index (χ0v) is 20.3. The van der Waals surface area contributed by atoms with Gasteiger partial charge in [0.1, 0.15) is 0 Å². The Morgan fingerprint density at radius 1 is 0.219 bits per heavy atom. The molecule has 0 spiro atoms. The van der Waals surface area contributed by atoms with Crippen LogP contribution in [0.4, 0.5) is 0 Å². The van der Waals surface area contributed by atoms with E-state index in [2.05, 4.69) is 53.2 Å². The summed E-state index contributed by atoms with van der Waals surface area (Å²) in [5.74, 6) is 1.18. The summed E-state index contributed by atoms with van der Waals surface area (Å²) in [6.45, 7) is 20.6. The fourth-order valence-corrected chi connectivity index (χ4v) is 4.13. The molecule has 32 heavy (non-hydrogen) atoms. The third-order valence-corrected chi connectivity index (χ3v) is 6.12. The van der Waals surface area contributed by atoms with Gasteiger partial charge in [0.15, 0.2) is 0 Å². The number of nitrogens with one attached hydrogen (secondary N) is 10. The Morgan fingerprint density at radius 2 is 0.375 bits per heavy atom. The Kier molecular flexibility index (Phi) is 18.4. The van der Waals surface area contributed by atoms with Crippen LogP contribution in [-0.4, -0.2) is 131 Å². The van der Waals surface area contributed by atoms with Gasteiger partial charge in [-0.2, -0.15) is 0 Å². The zero-order valence-electron chi connectivity index (χ0n) is 20.3. The first-order valence-electron chi connectivity index (χ1n) is 13.0. The van der Waals surface area contributed by atoms with E-state index in [1.165, 1.54) is 0 Å². The molecule has 0 amide bonds. The van der Waals surface area contributed by atoms with Gasteiger partial charge in [-0.1, -0.05) is 0 Å². The molecule has 0 aromatic carbocycles. The van der Waals surface area contributed by atoms with Gasteiger partial charge in [0.05, 0.1) is 0 Å². The molecule has 2 aliphatic heterocycles. The van der Waals surface area contributed by atoms with Crippen molar-refractivity contribution in [3.05, 3.63) is 0 Å². The summed E-state index contributed by atoms with van der Waals surface area (Å²) in [6, 6.07) is 0. The lowest BCUT2D eigenvalue weighted by atomic mass is 9.91. The molecule has 0 aromatic heterocycles. The Balaban J connectivity index is 1.83. The van der Waals surface area contributed by atoms with Crippen molar-refractivity contribution in [1.29, 1.82) is 0 Å². The van der Waals surface area contributed by atoms with E-state index >= 15 is 0 Å². The first kappa shape index (κ1) is 27.8. The molecule has 2 heterocycles. The lowest BCUT2D eigenvalue weighted by molar-refractivity contribution is 0.283. The molecule has 2 fully saturated rings. The van der Waals surface area contributed by atoms with Crippen molar-refractivity contribution in [3.63, 3.8) is 0 Å². The van der Waals surface area contributed by atoms with Gasteiger partial charge in [0.25, 0.3) is 0 Å². The zero-order chi connectivity index (χ0) is 22.4. The number of hydrogen-bond acceptors (Lipinski definition) is 10. The highest BCUT2D eigenvalue weighted by atomic mass is 15.0. The molecule has 10 N–H and O–H groups in total. The Bertz CT molecular complexity index is 333. The minimum absolute atomic E-state index is 0.591. The fraction of sp³-hybridized carbons (Fsp3) is 1.00. The fourth-order valence-electron chi connectivity index (χ4n) is 4.13. The third kappa shape index (κ3) is 15.4. The lowest BCUT2D eigenvalue weighted by Crippen LogP contribution is -2.47. The van der Waals surface area contributed by atoms with Crippen molar-refractivity contribution in [2.75, 3.05) is 131 Å². The van der Waals surface area contributed by atoms with Gasteiger partial charge >= 0.3 is 0 Å². The highest BCUT2D eigenvalue weighted by molar-refractivity contribution is 4.79. The van der Waals surface area contributed by atoms with Gasteiger partial charge in [-0.3, -0.25) is 0 Å². The van der Waals surface area contributed by atoms with E-state index in [9.17, 15) is 0 Å². The monoisotopic (exact) mass is 456 g/mol. The molecule has 0 aliphatic carbocycles. The van der Waals surface area contributed by atoms with Crippen LogP contribution in [0, 0.1) is 11.8 Å². The van der Waals surface area contributed by atoms with Crippen molar-refractivity contribution < 1.29 is 0 Å². The van der Waals surface area contributed by atoms with Crippen LogP contribution in [0.3, 0.4) is 0 Å². The summed E-state index contributed by atoms with van der Waals surface area (Å²) < 4.78 is 0. The molecule has 0 bridgehead atoms. The molecule has 2 rings (SSSR count). The Labute approximate surface area is 196 Å². The van der Waals surface area contributed by atoms with Crippen molar-refractivity contribution in [2.45, 2.75) is 0 Å². The van der Waals surface area contributed by atoms with Crippen LogP contribution in [0.2, 0.25) is 0 Å². The summed E-state index contributed by atoms with van der Waals surface area (Å²) in [6.07, 6.45) is 0. The van der Waals surface area contributed by atoms with Crippen LogP contribution >= 0.6 is 0 Å². The Morgan fingerprint density at radius 3 is 0.562 bits per heavy atom.